The first-order chi connectivity index (χ1) is 1.73. The molecule has 0 heterocycles. The molecular formula is NO3Zn. The van der Waals surface area contributed by atoms with E-state index in [1.165, 1.54) is 0 Å². The van der Waals surface area contributed by atoms with Crippen molar-refractivity contribution in [3.8, 4) is 0 Å². The summed E-state index contributed by atoms with van der Waals surface area (Å²) in [5, 5.41) is 14.8. The number of hydrogen-bond donors (Lipinski definition) is 0. The van der Waals surface area contributed by atoms with Crippen molar-refractivity contribution >= 4 is 0 Å². The van der Waals surface area contributed by atoms with Crippen molar-refractivity contribution in [3.63, 3.8) is 0 Å². The minimum absolute atomic E-state index is 0. The fourth-order valence-electron chi connectivity index (χ4n) is 0. The van der Waals surface area contributed by atoms with E-state index in [0.29, 0.717) is 0 Å². The van der Waals surface area contributed by atoms with Gasteiger partial charge in [0.25, 0.3) is 0 Å². The van der Waals surface area contributed by atoms with Crippen LogP contribution in [-0.4, -0.2) is 5.09 Å². The second kappa shape index (κ2) is 3.82. The molecule has 0 atom stereocenters. The summed E-state index contributed by atoms with van der Waals surface area (Å²) in [7, 11) is 0. The quantitative estimate of drug-likeness (QED) is 0.256. The van der Waals surface area contributed by atoms with Crippen molar-refractivity contribution < 1.29 is 24.6 Å². The molecule has 0 aliphatic rings. The van der Waals surface area contributed by atoms with E-state index >= 15 is 0 Å². The number of hydrogen-bond acceptors (Lipinski definition) is 3. The Morgan fingerprint density at radius 1 is 1.40 bits per heavy atom. The molecule has 0 fully saturated rings. The third-order valence-corrected chi connectivity index (χ3v) is 0. The standard InChI is InChI=1S/NO3.Zn/c2-1(3)4;/q-1;+1. The van der Waals surface area contributed by atoms with E-state index in [1.54, 1.807) is 0 Å². The van der Waals surface area contributed by atoms with Crippen molar-refractivity contribution in [2.45, 2.75) is 0 Å². The van der Waals surface area contributed by atoms with Gasteiger partial charge in [0.1, 0.15) is 0 Å². The zero-order chi connectivity index (χ0) is 3.58. The maximum atomic E-state index is 8.25. The van der Waals surface area contributed by atoms with Gasteiger partial charge in [0.2, 0.25) is 0 Å². The molecule has 0 aromatic carbocycles. The molecule has 0 N–H and O–H groups in total. The number of rotatable bonds is 0. The summed E-state index contributed by atoms with van der Waals surface area (Å²) in [6.45, 7) is 0. The largest absolute Gasteiger partial charge is 1.00 e. The van der Waals surface area contributed by atoms with Crippen LogP contribution in [0.5, 0.6) is 0 Å². The van der Waals surface area contributed by atoms with Crippen LogP contribution in [0.25, 0.3) is 0 Å². The zero-order valence-corrected chi connectivity index (χ0v) is 5.35. The Hall–Kier alpha value is -0.177. The predicted octanol–water partition coefficient (Wildman–Crippen LogP) is -0.242. The van der Waals surface area contributed by atoms with E-state index in [4.69, 9.17) is 15.3 Å². The Labute approximate surface area is 40.7 Å². The Kier molecular flexibility index (Phi) is 6.76. The van der Waals surface area contributed by atoms with Crippen molar-refractivity contribution in [2.24, 2.45) is 0 Å². The van der Waals surface area contributed by atoms with Gasteiger partial charge in [-0.2, -0.15) is 0 Å². The second-order valence-electron chi connectivity index (χ2n) is 0.224. The molecule has 0 saturated carbocycles. The summed E-state index contributed by atoms with van der Waals surface area (Å²) in [5.41, 5.74) is 0. The van der Waals surface area contributed by atoms with E-state index in [0.717, 1.165) is 0 Å². The van der Waals surface area contributed by atoms with Crippen molar-refractivity contribution in [2.75, 3.05) is 0 Å². The van der Waals surface area contributed by atoms with Crippen LogP contribution in [0.2, 0.25) is 0 Å². The fraction of sp³-hybridized carbons (Fsp3) is 0. The van der Waals surface area contributed by atoms with Gasteiger partial charge in [-0.3, -0.25) is 0 Å². The summed E-state index contributed by atoms with van der Waals surface area (Å²) in [6.07, 6.45) is 0. The first kappa shape index (κ1) is 8.85. The molecule has 0 aromatic heterocycles. The van der Waals surface area contributed by atoms with Crippen LogP contribution in [-0.2, 0) is 19.5 Å². The maximum absolute atomic E-state index is 8.25. The first-order valence-corrected chi connectivity index (χ1v) is 0.548. The van der Waals surface area contributed by atoms with Gasteiger partial charge in [-0.05, 0) is 0 Å². The van der Waals surface area contributed by atoms with Gasteiger partial charge in [0, 0.05) is 0 Å². The average molecular weight is 127 g/mol. The van der Waals surface area contributed by atoms with Crippen molar-refractivity contribution in [1.82, 2.24) is 0 Å². The number of nitrogens with zero attached hydrogens (tertiary/aromatic N) is 1. The third kappa shape index (κ3) is 407. The summed E-state index contributed by atoms with van der Waals surface area (Å²) in [6, 6.07) is 0. The van der Waals surface area contributed by atoms with E-state index in [-0.39, 0.29) is 19.5 Å². The Balaban J connectivity index is 0. The predicted molar refractivity (Wildman–Crippen MR) is 10.4 cm³/mol. The molecule has 0 amide bonds. The molecule has 4 nitrogen and oxygen atoms in total. The van der Waals surface area contributed by atoms with Gasteiger partial charge in [-0.15, -0.1) is 0 Å². The molecule has 0 bridgehead atoms. The maximum Gasteiger partial charge on any atom is 1.00 e. The normalized spacial score (nSPS) is 4.80. The fourth-order valence-corrected chi connectivity index (χ4v) is 0. The average Bonchev–Trinajstić information content (AvgIpc) is 0.811. The molecule has 0 rings (SSSR count). The molecule has 0 spiro atoms. The van der Waals surface area contributed by atoms with Crippen LogP contribution in [0.3, 0.4) is 0 Å². The van der Waals surface area contributed by atoms with Crippen LogP contribution in [0, 0.1) is 15.3 Å². The summed E-state index contributed by atoms with van der Waals surface area (Å²) in [5.74, 6) is 0. The molecule has 0 aromatic rings. The Bertz CT molecular complexity index is 29.9. The van der Waals surface area contributed by atoms with E-state index in [1.807, 2.05) is 0 Å². The minimum atomic E-state index is -1.75. The van der Waals surface area contributed by atoms with E-state index in [9.17, 15) is 0 Å². The molecule has 0 aliphatic heterocycles. The van der Waals surface area contributed by atoms with Gasteiger partial charge in [-0.1, -0.05) is 0 Å². The van der Waals surface area contributed by atoms with Gasteiger partial charge < -0.3 is 15.3 Å². The Morgan fingerprint density at radius 3 is 1.40 bits per heavy atom. The van der Waals surface area contributed by atoms with Crippen LogP contribution < -0.4 is 0 Å². The van der Waals surface area contributed by atoms with Crippen LogP contribution in [0.15, 0.2) is 0 Å². The van der Waals surface area contributed by atoms with Crippen LogP contribution in [0.4, 0.5) is 0 Å². The molecule has 0 aliphatic carbocycles. The second-order valence-corrected chi connectivity index (χ2v) is 0.224. The summed E-state index contributed by atoms with van der Waals surface area (Å²) >= 11 is 0. The van der Waals surface area contributed by atoms with Crippen molar-refractivity contribution in [3.05, 3.63) is 15.3 Å². The summed E-state index contributed by atoms with van der Waals surface area (Å²) < 4.78 is 0. The van der Waals surface area contributed by atoms with Gasteiger partial charge >= 0.3 is 19.5 Å². The van der Waals surface area contributed by atoms with Crippen LogP contribution in [0.1, 0.15) is 0 Å². The minimum Gasteiger partial charge on any atom is -0.356 e. The zero-order valence-electron chi connectivity index (χ0n) is 2.38. The molecule has 25 valence electrons. The van der Waals surface area contributed by atoms with Gasteiger partial charge in [0.05, 0.1) is 5.09 Å². The van der Waals surface area contributed by atoms with Gasteiger partial charge in [0.15, 0.2) is 0 Å². The topological polar surface area (TPSA) is 66.2 Å². The summed E-state index contributed by atoms with van der Waals surface area (Å²) in [4.78, 5) is 8.25. The van der Waals surface area contributed by atoms with Gasteiger partial charge in [-0.25, -0.2) is 0 Å². The molecule has 5 heteroatoms. The van der Waals surface area contributed by atoms with E-state index in [2.05, 4.69) is 0 Å². The van der Waals surface area contributed by atoms with E-state index < -0.39 is 5.09 Å². The molecular weight excluding hydrogens is 127 g/mol. The van der Waals surface area contributed by atoms with Crippen LogP contribution >= 0.6 is 0 Å². The monoisotopic (exact) mass is 126 g/mol. The first-order valence-electron chi connectivity index (χ1n) is 0.548. The molecule has 1 radical (unpaired) electrons. The molecule has 0 unspecified atom stereocenters. The van der Waals surface area contributed by atoms with Crippen molar-refractivity contribution in [1.29, 1.82) is 0 Å². The third-order valence-electron chi connectivity index (χ3n) is 0. The Morgan fingerprint density at radius 2 is 1.40 bits per heavy atom. The SMILES string of the molecule is O=[N+]([O-])[O-].[Zn+]. The smallest absolute Gasteiger partial charge is 0.356 e. The molecule has 5 heavy (non-hydrogen) atoms. The molecule has 0 saturated heterocycles.